The first-order valence-electron chi connectivity index (χ1n) is 14.3. The topological polar surface area (TPSA) is 77.1 Å². The summed E-state index contributed by atoms with van der Waals surface area (Å²) in [5, 5.41) is 3.60. The van der Waals surface area contributed by atoms with Crippen molar-refractivity contribution in [3.8, 4) is 17.2 Å². The third-order valence-corrected chi connectivity index (χ3v) is 8.06. The number of nitrogens with zero attached hydrogens (tertiary/aromatic N) is 1. The highest BCUT2D eigenvalue weighted by Crippen LogP contribution is 2.48. The van der Waals surface area contributed by atoms with E-state index >= 15 is 0 Å². The van der Waals surface area contributed by atoms with Crippen molar-refractivity contribution in [2.45, 2.75) is 57.4 Å². The largest absolute Gasteiger partial charge is 0.497 e. The molecule has 0 fully saturated rings. The maximum atomic E-state index is 14.2. The summed E-state index contributed by atoms with van der Waals surface area (Å²) < 4.78 is 16.5. The first-order valence-corrected chi connectivity index (χ1v) is 14.3. The number of para-hydroxylation sites is 2. The molecule has 1 N–H and O–H groups in total. The number of allylic oxidation sites excluding steroid dienone is 1. The molecule has 3 aromatic rings. The molecule has 2 atom stereocenters. The van der Waals surface area contributed by atoms with Gasteiger partial charge in [0.25, 0.3) is 0 Å². The van der Waals surface area contributed by atoms with Crippen LogP contribution in [0.1, 0.15) is 68.5 Å². The van der Waals surface area contributed by atoms with Crippen molar-refractivity contribution < 1.29 is 23.8 Å². The molecule has 0 unspecified atom stereocenters. The fourth-order valence-electron chi connectivity index (χ4n) is 5.96. The van der Waals surface area contributed by atoms with E-state index in [2.05, 4.69) is 12.2 Å². The molecule has 1 amide bonds. The Morgan fingerprint density at radius 3 is 2.32 bits per heavy atom. The third-order valence-electron chi connectivity index (χ3n) is 8.06. The minimum absolute atomic E-state index is 0.00433. The van der Waals surface area contributed by atoms with Gasteiger partial charge in [-0.05, 0) is 66.3 Å². The maximum absolute atomic E-state index is 14.2. The highest BCUT2D eigenvalue weighted by molar-refractivity contribution is 6.06. The number of hydrogen-bond donors (Lipinski definition) is 1. The van der Waals surface area contributed by atoms with Gasteiger partial charge in [0, 0.05) is 24.1 Å². The number of benzene rings is 3. The lowest BCUT2D eigenvalue weighted by Crippen LogP contribution is -2.38. The molecule has 1 heterocycles. The second kappa shape index (κ2) is 12.5. The number of rotatable bonds is 9. The number of amides is 1. The van der Waals surface area contributed by atoms with Crippen LogP contribution in [0.15, 0.2) is 78.0 Å². The van der Waals surface area contributed by atoms with Crippen molar-refractivity contribution in [3.63, 3.8) is 0 Å². The lowest BCUT2D eigenvalue weighted by molar-refractivity contribution is -0.119. The number of methoxy groups -OCH3 is 3. The average Bonchev–Trinajstić information content (AvgIpc) is 3.15. The smallest absolute Gasteiger partial charge is 0.227 e. The van der Waals surface area contributed by atoms with Crippen molar-refractivity contribution >= 4 is 23.1 Å². The standard InChI is InChI=1S/C34H38N2O5/c1-5-6-7-12-32(38)36-28-11-9-8-10-26(28)35-27-19-24(22-13-16-25(39-2)17-14-22)20-29(37)33(27)34(36)23-15-18-30(40-3)31(21-23)41-4/h8-11,13-18,21,24,34-35H,5-7,12,19-20H2,1-4H3/t24-,34+/m1/s1. The van der Waals surface area contributed by atoms with Gasteiger partial charge in [-0.2, -0.15) is 0 Å². The van der Waals surface area contributed by atoms with Crippen LogP contribution >= 0.6 is 0 Å². The summed E-state index contributed by atoms with van der Waals surface area (Å²) in [7, 11) is 4.83. The quantitative estimate of drug-likeness (QED) is 0.282. The highest BCUT2D eigenvalue weighted by Gasteiger charge is 2.41. The van der Waals surface area contributed by atoms with Crippen LogP contribution < -0.4 is 24.4 Å². The Hall–Kier alpha value is -4.26. The van der Waals surface area contributed by atoms with Gasteiger partial charge in [-0.1, -0.05) is 50.1 Å². The van der Waals surface area contributed by atoms with Crippen LogP contribution in [0.25, 0.3) is 0 Å². The second-order valence-corrected chi connectivity index (χ2v) is 10.6. The van der Waals surface area contributed by atoms with Gasteiger partial charge >= 0.3 is 0 Å². The van der Waals surface area contributed by atoms with E-state index in [0.29, 0.717) is 36.3 Å². The van der Waals surface area contributed by atoms with E-state index in [4.69, 9.17) is 14.2 Å². The Morgan fingerprint density at radius 2 is 1.61 bits per heavy atom. The molecule has 0 spiro atoms. The van der Waals surface area contributed by atoms with E-state index in [-0.39, 0.29) is 17.6 Å². The number of nitrogens with one attached hydrogen (secondary N) is 1. The van der Waals surface area contributed by atoms with Crippen LogP contribution in [0, 0.1) is 0 Å². The summed E-state index contributed by atoms with van der Waals surface area (Å²) in [6, 6.07) is 20.8. The molecule has 5 rings (SSSR count). The summed E-state index contributed by atoms with van der Waals surface area (Å²) in [4.78, 5) is 30.1. The van der Waals surface area contributed by atoms with E-state index in [9.17, 15) is 9.59 Å². The predicted molar refractivity (Wildman–Crippen MR) is 161 cm³/mol. The fraction of sp³-hybridized carbons (Fsp3) is 0.353. The van der Waals surface area contributed by atoms with E-state index in [1.165, 1.54) is 0 Å². The van der Waals surface area contributed by atoms with E-state index in [1.54, 1.807) is 21.3 Å². The summed E-state index contributed by atoms with van der Waals surface area (Å²) in [5.41, 5.74) is 4.93. The molecule has 0 bridgehead atoms. The lowest BCUT2D eigenvalue weighted by Gasteiger charge is -2.35. The maximum Gasteiger partial charge on any atom is 0.227 e. The molecule has 0 radical (unpaired) electrons. The van der Waals surface area contributed by atoms with Crippen LogP contribution in [-0.2, 0) is 9.59 Å². The summed E-state index contributed by atoms with van der Waals surface area (Å²) in [6.07, 6.45) is 4.17. The predicted octanol–water partition coefficient (Wildman–Crippen LogP) is 7.19. The van der Waals surface area contributed by atoms with Crippen LogP contribution in [0.3, 0.4) is 0 Å². The summed E-state index contributed by atoms with van der Waals surface area (Å²) >= 11 is 0. The van der Waals surface area contributed by atoms with Gasteiger partial charge in [-0.15, -0.1) is 0 Å². The highest BCUT2D eigenvalue weighted by atomic mass is 16.5. The first-order chi connectivity index (χ1) is 20.0. The zero-order valence-electron chi connectivity index (χ0n) is 24.2. The molecule has 0 saturated carbocycles. The molecule has 3 aromatic carbocycles. The Bertz CT molecular complexity index is 1450. The van der Waals surface area contributed by atoms with Crippen molar-refractivity contribution in [2.75, 3.05) is 31.5 Å². The number of carbonyl (C=O) groups excluding carboxylic acids is 2. The number of anilines is 2. The van der Waals surface area contributed by atoms with E-state index in [0.717, 1.165) is 53.2 Å². The van der Waals surface area contributed by atoms with Gasteiger partial charge in [0.1, 0.15) is 5.75 Å². The van der Waals surface area contributed by atoms with E-state index in [1.807, 2.05) is 71.6 Å². The van der Waals surface area contributed by atoms with Gasteiger partial charge in [-0.25, -0.2) is 0 Å². The molecule has 1 aliphatic heterocycles. The summed E-state index contributed by atoms with van der Waals surface area (Å²) in [6.45, 7) is 2.12. The first kappa shape index (κ1) is 28.3. The van der Waals surface area contributed by atoms with E-state index < -0.39 is 6.04 Å². The Balaban J connectivity index is 1.67. The van der Waals surface area contributed by atoms with Gasteiger partial charge in [0.2, 0.25) is 5.91 Å². The van der Waals surface area contributed by atoms with Gasteiger partial charge in [0.05, 0.1) is 38.7 Å². The van der Waals surface area contributed by atoms with Crippen LogP contribution in [0.4, 0.5) is 11.4 Å². The Labute approximate surface area is 242 Å². The number of unbranched alkanes of at least 4 members (excludes halogenated alkanes) is 2. The lowest BCUT2D eigenvalue weighted by atomic mass is 9.78. The zero-order chi connectivity index (χ0) is 28.9. The molecule has 41 heavy (non-hydrogen) atoms. The van der Waals surface area contributed by atoms with Crippen molar-refractivity contribution in [1.29, 1.82) is 0 Å². The number of carbonyl (C=O) groups is 2. The molecule has 214 valence electrons. The molecule has 0 aromatic heterocycles. The van der Waals surface area contributed by atoms with Crippen LogP contribution in [0.2, 0.25) is 0 Å². The monoisotopic (exact) mass is 554 g/mol. The van der Waals surface area contributed by atoms with Crippen molar-refractivity contribution in [3.05, 3.63) is 89.1 Å². The normalized spacial score (nSPS) is 18.1. The van der Waals surface area contributed by atoms with Gasteiger partial charge in [0.15, 0.2) is 17.3 Å². The number of hydrogen-bond acceptors (Lipinski definition) is 6. The molecule has 2 aliphatic rings. The molecular formula is C34H38N2O5. The second-order valence-electron chi connectivity index (χ2n) is 10.6. The SMILES string of the molecule is CCCCCC(=O)N1c2ccccc2NC2=C(C(=O)C[C@H](c3ccc(OC)cc3)C2)[C@@H]1c1ccc(OC)c(OC)c1. The Kier molecular flexibility index (Phi) is 8.62. The van der Waals surface area contributed by atoms with Crippen molar-refractivity contribution in [2.24, 2.45) is 0 Å². The van der Waals surface area contributed by atoms with Crippen LogP contribution in [0.5, 0.6) is 17.2 Å². The molecule has 1 aliphatic carbocycles. The number of ketones is 1. The minimum atomic E-state index is -0.612. The minimum Gasteiger partial charge on any atom is -0.497 e. The zero-order valence-corrected chi connectivity index (χ0v) is 24.2. The molecule has 7 nitrogen and oxygen atoms in total. The van der Waals surface area contributed by atoms with Gasteiger partial charge < -0.3 is 19.5 Å². The molecule has 7 heteroatoms. The van der Waals surface area contributed by atoms with Gasteiger partial charge in [-0.3, -0.25) is 14.5 Å². The fourth-order valence-corrected chi connectivity index (χ4v) is 5.96. The average molecular weight is 555 g/mol. The number of Topliss-reactive ketones (excluding diaryl/α,β-unsaturated/α-hetero) is 1. The van der Waals surface area contributed by atoms with Crippen LogP contribution in [-0.4, -0.2) is 33.0 Å². The summed E-state index contributed by atoms with van der Waals surface area (Å²) in [5.74, 6) is 1.95. The molecular weight excluding hydrogens is 516 g/mol. The number of fused-ring (bicyclic) bond motifs is 1. The van der Waals surface area contributed by atoms with Crippen molar-refractivity contribution in [1.82, 2.24) is 0 Å². The molecule has 0 saturated heterocycles. The third kappa shape index (κ3) is 5.67. The number of ether oxygens (including phenoxy) is 3. The Morgan fingerprint density at radius 1 is 0.878 bits per heavy atom.